The first-order chi connectivity index (χ1) is 16.3. The summed E-state index contributed by atoms with van der Waals surface area (Å²) < 4.78 is 88.6. The molecule has 1 aliphatic carbocycles. The number of nitrogens with zero attached hydrogens (tertiary/aromatic N) is 4. The van der Waals surface area contributed by atoms with Gasteiger partial charge in [0.05, 0.1) is 28.2 Å². The van der Waals surface area contributed by atoms with E-state index in [1.165, 1.54) is 24.7 Å². The number of fused-ring (bicyclic) bond motifs is 1. The van der Waals surface area contributed by atoms with Gasteiger partial charge in [0, 0.05) is 19.3 Å². The van der Waals surface area contributed by atoms with Crippen molar-refractivity contribution in [3.63, 3.8) is 0 Å². The van der Waals surface area contributed by atoms with Crippen LogP contribution in [0.2, 0.25) is 0 Å². The number of sulfone groups is 1. The average Bonchev–Trinajstić information content (AvgIpc) is 3.19. The van der Waals surface area contributed by atoms with Gasteiger partial charge >= 0.3 is 6.18 Å². The molecule has 2 heterocycles. The van der Waals surface area contributed by atoms with E-state index in [1.807, 2.05) is 11.8 Å². The number of alkyl halides is 3. The molecular formula is C22H25F3N4O4S2. The molecule has 1 aromatic carbocycles. The Morgan fingerprint density at radius 2 is 1.71 bits per heavy atom. The number of aromatic nitrogens is 3. The first-order valence-corrected chi connectivity index (χ1v) is 14.2. The molecule has 0 spiro atoms. The number of benzene rings is 1. The lowest BCUT2D eigenvalue weighted by molar-refractivity contribution is -0.129. The summed E-state index contributed by atoms with van der Waals surface area (Å²) in [6.45, 7) is 1.86. The number of aryl methyl sites for hydroxylation is 1. The van der Waals surface area contributed by atoms with Crippen molar-refractivity contribution in [2.45, 2.75) is 43.3 Å². The third kappa shape index (κ3) is 5.45. The molecule has 0 unspecified atom stereocenters. The van der Waals surface area contributed by atoms with Crippen LogP contribution in [-0.4, -0.2) is 61.5 Å². The van der Waals surface area contributed by atoms with E-state index < -0.39 is 38.2 Å². The fraction of sp³-hybridized carbons (Fsp3) is 0.455. The quantitative estimate of drug-likeness (QED) is 0.439. The van der Waals surface area contributed by atoms with Crippen molar-refractivity contribution in [2.24, 2.45) is 5.92 Å². The first-order valence-electron chi connectivity index (χ1n) is 10.9. The highest BCUT2D eigenvalue weighted by Gasteiger charge is 2.37. The molecule has 190 valence electrons. The molecule has 0 bridgehead atoms. The molecule has 2 aromatic heterocycles. The van der Waals surface area contributed by atoms with E-state index in [4.69, 9.17) is 0 Å². The van der Waals surface area contributed by atoms with Crippen LogP contribution >= 0.6 is 0 Å². The van der Waals surface area contributed by atoms with Crippen molar-refractivity contribution < 1.29 is 30.0 Å². The van der Waals surface area contributed by atoms with Gasteiger partial charge in [0.15, 0.2) is 15.5 Å². The lowest BCUT2D eigenvalue weighted by Crippen LogP contribution is -2.45. The second kappa shape index (κ2) is 9.08. The van der Waals surface area contributed by atoms with E-state index in [1.54, 1.807) is 25.2 Å². The van der Waals surface area contributed by atoms with Crippen LogP contribution in [0.3, 0.4) is 0 Å². The Labute approximate surface area is 201 Å². The van der Waals surface area contributed by atoms with Gasteiger partial charge in [0.25, 0.3) is 10.0 Å². The number of hydrogen-bond acceptors (Lipinski definition) is 7. The average molecular weight is 531 g/mol. The van der Waals surface area contributed by atoms with Gasteiger partial charge in [-0.05, 0) is 43.9 Å². The Hall–Kier alpha value is -2.67. The van der Waals surface area contributed by atoms with Gasteiger partial charge in [-0.15, -0.1) is 0 Å². The maximum absolute atomic E-state index is 13.2. The Kier molecular flexibility index (Phi) is 6.60. The molecule has 1 aliphatic rings. The second-order valence-corrected chi connectivity index (χ2v) is 13.0. The maximum atomic E-state index is 13.2. The summed E-state index contributed by atoms with van der Waals surface area (Å²) in [5, 5.41) is 0.520. The predicted octanol–water partition coefficient (Wildman–Crippen LogP) is 3.56. The Morgan fingerprint density at radius 1 is 1.06 bits per heavy atom. The van der Waals surface area contributed by atoms with Gasteiger partial charge in [-0.3, -0.25) is 0 Å². The molecule has 35 heavy (non-hydrogen) atoms. The van der Waals surface area contributed by atoms with Crippen molar-refractivity contribution in [3.05, 3.63) is 48.4 Å². The standard InChI is InChI=1S/C22H25F3N4O4S2/c1-15-3-5-18(6-4-15)35(32,33)29-9-7-19-20(26-14-27-21(19)29)28(2)17-11-16(12-17)13-34(30,31)10-8-22(23,24)25/h3-7,9,14,16-17H,8,10-13H2,1-2H3. The lowest BCUT2D eigenvalue weighted by Gasteiger charge is -2.41. The highest BCUT2D eigenvalue weighted by molar-refractivity contribution is 7.91. The summed E-state index contributed by atoms with van der Waals surface area (Å²) in [5.74, 6) is -0.915. The fourth-order valence-corrected chi connectivity index (χ4v) is 7.25. The zero-order chi connectivity index (χ0) is 25.6. The van der Waals surface area contributed by atoms with Gasteiger partial charge in [0.2, 0.25) is 0 Å². The lowest BCUT2D eigenvalue weighted by atomic mass is 9.81. The van der Waals surface area contributed by atoms with Crippen LogP contribution in [0, 0.1) is 12.8 Å². The van der Waals surface area contributed by atoms with Gasteiger partial charge in [-0.1, -0.05) is 17.7 Å². The van der Waals surface area contributed by atoms with E-state index >= 15 is 0 Å². The molecule has 0 atom stereocenters. The molecule has 0 amide bonds. The molecule has 0 aliphatic heterocycles. The highest BCUT2D eigenvalue weighted by Crippen LogP contribution is 2.37. The van der Waals surface area contributed by atoms with Crippen LogP contribution < -0.4 is 4.90 Å². The smallest absolute Gasteiger partial charge is 0.356 e. The first kappa shape index (κ1) is 25.4. The highest BCUT2D eigenvalue weighted by atomic mass is 32.2. The molecule has 0 radical (unpaired) electrons. The molecule has 8 nitrogen and oxygen atoms in total. The largest absolute Gasteiger partial charge is 0.390 e. The maximum Gasteiger partial charge on any atom is 0.390 e. The minimum absolute atomic E-state index is 0.0760. The minimum Gasteiger partial charge on any atom is -0.356 e. The third-order valence-corrected chi connectivity index (χ3v) is 9.77. The minimum atomic E-state index is -4.50. The van der Waals surface area contributed by atoms with E-state index in [9.17, 15) is 30.0 Å². The van der Waals surface area contributed by atoms with Gasteiger partial charge in [-0.2, -0.15) is 13.2 Å². The zero-order valence-electron chi connectivity index (χ0n) is 19.1. The monoisotopic (exact) mass is 530 g/mol. The van der Waals surface area contributed by atoms with Crippen LogP contribution in [-0.2, 0) is 19.9 Å². The summed E-state index contributed by atoms with van der Waals surface area (Å²) in [4.78, 5) is 10.5. The SMILES string of the molecule is Cc1ccc(S(=O)(=O)n2ccc3c(N(C)C4CC(CS(=O)(=O)CCC(F)(F)F)C4)ncnc32)cc1. The normalized spacial score (nSPS) is 19.0. The van der Waals surface area contributed by atoms with Crippen LogP contribution in [0.15, 0.2) is 47.8 Å². The molecule has 4 rings (SSSR count). The van der Waals surface area contributed by atoms with Gasteiger partial charge < -0.3 is 4.90 Å². The van der Waals surface area contributed by atoms with Crippen molar-refractivity contribution in [1.82, 2.24) is 13.9 Å². The number of rotatable bonds is 8. The van der Waals surface area contributed by atoms with E-state index in [0.29, 0.717) is 24.0 Å². The van der Waals surface area contributed by atoms with E-state index in [2.05, 4.69) is 9.97 Å². The van der Waals surface area contributed by atoms with Crippen molar-refractivity contribution in [2.75, 3.05) is 23.5 Å². The number of anilines is 1. The van der Waals surface area contributed by atoms with Crippen molar-refractivity contribution in [1.29, 1.82) is 0 Å². The molecule has 0 saturated heterocycles. The van der Waals surface area contributed by atoms with Crippen LogP contribution in [0.1, 0.15) is 24.8 Å². The zero-order valence-corrected chi connectivity index (χ0v) is 20.7. The molecule has 1 saturated carbocycles. The van der Waals surface area contributed by atoms with Crippen LogP contribution in [0.5, 0.6) is 0 Å². The van der Waals surface area contributed by atoms with Gasteiger partial charge in [0.1, 0.15) is 12.1 Å². The Balaban J connectivity index is 1.49. The van der Waals surface area contributed by atoms with Crippen LogP contribution in [0.4, 0.5) is 19.0 Å². The summed E-state index contributed by atoms with van der Waals surface area (Å²) in [5.41, 5.74) is 1.15. The molecule has 1 fully saturated rings. The van der Waals surface area contributed by atoms with Crippen molar-refractivity contribution in [3.8, 4) is 0 Å². The molecule has 13 heteroatoms. The summed E-state index contributed by atoms with van der Waals surface area (Å²) >= 11 is 0. The van der Waals surface area contributed by atoms with Crippen LogP contribution in [0.25, 0.3) is 11.0 Å². The molecule has 3 aromatic rings. The number of hydrogen-bond donors (Lipinski definition) is 0. The topological polar surface area (TPSA) is 102 Å². The summed E-state index contributed by atoms with van der Waals surface area (Å²) in [6.07, 6.45) is -2.19. The fourth-order valence-electron chi connectivity index (χ4n) is 4.25. The predicted molar refractivity (Wildman–Crippen MR) is 126 cm³/mol. The Bertz CT molecular complexity index is 1430. The van der Waals surface area contributed by atoms with Crippen molar-refractivity contribution >= 4 is 36.7 Å². The van der Waals surface area contributed by atoms with E-state index in [-0.39, 0.29) is 28.3 Å². The molecule has 0 N–H and O–H groups in total. The summed E-state index contributed by atoms with van der Waals surface area (Å²) in [6, 6.07) is 8.02. The third-order valence-electron chi connectivity index (χ3n) is 6.28. The summed E-state index contributed by atoms with van der Waals surface area (Å²) in [7, 11) is -5.91. The second-order valence-electron chi connectivity index (χ2n) is 8.95. The molecular weight excluding hydrogens is 505 g/mol. The van der Waals surface area contributed by atoms with Gasteiger partial charge in [-0.25, -0.2) is 30.8 Å². The van der Waals surface area contributed by atoms with E-state index in [0.717, 1.165) is 9.54 Å². The number of halogens is 3. The Morgan fingerprint density at radius 3 is 2.34 bits per heavy atom.